The summed E-state index contributed by atoms with van der Waals surface area (Å²) in [5.74, 6) is 1.51. The zero-order valence-electron chi connectivity index (χ0n) is 14.4. The summed E-state index contributed by atoms with van der Waals surface area (Å²) in [4.78, 5) is 14.3. The van der Waals surface area contributed by atoms with Crippen LogP contribution in [0.2, 0.25) is 0 Å². The van der Waals surface area contributed by atoms with Crippen LogP contribution >= 0.6 is 0 Å². The largest absolute Gasteiger partial charge is 0.355 e. The zero-order chi connectivity index (χ0) is 16.1. The molecule has 1 aliphatic heterocycles. The van der Waals surface area contributed by atoms with Gasteiger partial charge in [-0.1, -0.05) is 32.9 Å². The summed E-state index contributed by atoms with van der Waals surface area (Å²) < 4.78 is 0. The Hall–Kier alpha value is -1.35. The molecule has 1 fully saturated rings. The average molecular weight is 302 g/mol. The van der Waals surface area contributed by atoms with Gasteiger partial charge in [0.05, 0.1) is 0 Å². The van der Waals surface area contributed by atoms with E-state index < -0.39 is 0 Å². The Morgan fingerprint density at radius 1 is 1.23 bits per heavy atom. The van der Waals surface area contributed by atoms with Crippen molar-refractivity contribution in [2.75, 3.05) is 13.6 Å². The van der Waals surface area contributed by atoms with Gasteiger partial charge in [-0.2, -0.15) is 0 Å². The Bertz CT molecular complexity index is 481. The maximum Gasteiger partial charge on any atom is 0.251 e. The van der Waals surface area contributed by atoms with Crippen molar-refractivity contribution in [3.8, 4) is 0 Å². The predicted octanol–water partition coefficient (Wildman–Crippen LogP) is 3.69. The van der Waals surface area contributed by atoms with Crippen molar-refractivity contribution in [2.24, 2.45) is 11.8 Å². The molecule has 0 bridgehead atoms. The number of carbonyl (C=O) groups is 1. The zero-order valence-corrected chi connectivity index (χ0v) is 14.4. The maximum atomic E-state index is 11.6. The van der Waals surface area contributed by atoms with Crippen LogP contribution in [0.5, 0.6) is 0 Å². The maximum absolute atomic E-state index is 11.6. The molecule has 3 heteroatoms. The smallest absolute Gasteiger partial charge is 0.251 e. The van der Waals surface area contributed by atoms with Crippen LogP contribution in [-0.2, 0) is 6.54 Å². The molecule has 1 saturated heterocycles. The highest BCUT2D eigenvalue weighted by Gasteiger charge is 2.25. The molecule has 1 aromatic carbocycles. The summed E-state index contributed by atoms with van der Waals surface area (Å²) in [7, 11) is 1.67. The first-order valence-electron chi connectivity index (χ1n) is 8.56. The van der Waals surface area contributed by atoms with E-state index in [2.05, 4.69) is 43.1 Å². The topological polar surface area (TPSA) is 32.3 Å². The number of nitrogens with one attached hydrogen (secondary N) is 1. The minimum absolute atomic E-state index is 0.0183. The molecule has 1 amide bonds. The molecule has 1 aliphatic rings. The van der Waals surface area contributed by atoms with Crippen LogP contribution < -0.4 is 5.32 Å². The van der Waals surface area contributed by atoms with Gasteiger partial charge < -0.3 is 5.32 Å². The predicted molar refractivity (Wildman–Crippen MR) is 91.9 cm³/mol. The Morgan fingerprint density at radius 2 is 1.91 bits per heavy atom. The number of rotatable bonds is 4. The molecular formula is C19H30N2O. The third-order valence-electron chi connectivity index (χ3n) is 4.93. The molecule has 2 atom stereocenters. The van der Waals surface area contributed by atoms with Gasteiger partial charge in [0.25, 0.3) is 5.91 Å². The lowest BCUT2D eigenvalue weighted by Crippen LogP contribution is -2.38. The van der Waals surface area contributed by atoms with Crippen LogP contribution in [0.3, 0.4) is 0 Å². The van der Waals surface area contributed by atoms with Crippen molar-refractivity contribution in [1.29, 1.82) is 0 Å². The first-order chi connectivity index (χ1) is 10.5. The Morgan fingerprint density at radius 3 is 2.50 bits per heavy atom. The molecule has 0 aliphatic carbocycles. The van der Waals surface area contributed by atoms with Crippen LogP contribution in [-0.4, -0.2) is 30.4 Å². The summed E-state index contributed by atoms with van der Waals surface area (Å²) in [5, 5.41) is 2.67. The summed E-state index contributed by atoms with van der Waals surface area (Å²) >= 11 is 0. The molecule has 2 rings (SSSR count). The van der Waals surface area contributed by atoms with Crippen molar-refractivity contribution >= 4 is 5.91 Å². The highest BCUT2D eigenvalue weighted by Crippen LogP contribution is 2.27. The van der Waals surface area contributed by atoms with Crippen molar-refractivity contribution in [3.63, 3.8) is 0 Å². The molecule has 0 radical (unpaired) electrons. The average Bonchev–Trinajstić information content (AvgIpc) is 2.69. The van der Waals surface area contributed by atoms with E-state index in [9.17, 15) is 4.79 Å². The van der Waals surface area contributed by atoms with E-state index in [-0.39, 0.29) is 5.91 Å². The Kier molecular flexibility index (Phi) is 6.01. The molecule has 1 heterocycles. The number of carbonyl (C=O) groups excluding carboxylic acids is 1. The number of hydrogen-bond acceptors (Lipinski definition) is 2. The second kappa shape index (κ2) is 7.77. The van der Waals surface area contributed by atoms with E-state index in [0.29, 0.717) is 12.0 Å². The molecule has 22 heavy (non-hydrogen) atoms. The summed E-state index contributed by atoms with van der Waals surface area (Å²) in [6.07, 6.45) is 3.93. The van der Waals surface area contributed by atoms with Crippen molar-refractivity contribution < 1.29 is 4.79 Å². The van der Waals surface area contributed by atoms with Crippen molar-refractivity contribution in [2.45, 2.75) is 52.6 Å². The normalized spacial score (nSPS) is 23.3. The molecule has 3 nitrogen and oxygen atoms in total. The summed E-state index contributed by atoms with van der Waals surface area (Å²) in [5.41, 5.74) is 2.03. The van der Waals surface area contributed by atoms with Gasteiger partial charge in [0.1, 0.15) is 0 Å². The lowest BCUT2D eigenvalue weighted by molar-refractivity contribution is 0.0963. The number of amides is 1. The van der Waals surface area contributed by atoms with Crippen LogP contribution in [0.4, 0.5) is 0 Å². The van der Waals surface area contributed by atoms with Gasteiger partial charge in [-0.15, -0.1) is 0 Å². The van der Waals surface area contributed by atoms with Crippen LogP contribution in [0.1, 0.15) is 56.0 Å². The number of nitrogens with zero attached hydrogens (tertiary/aromatic N) is 1. The molecule has 0 aromatic heterocycles. The van der Waals surface area contributed by atoms with E-state index in [1.807, 2.05) is 12.1 Å². The van der Waals surface area contributed by atoms with Gasteiger partial charge in [-0.25, -0.2) is 0 Å². The van der Waals surface area contributed by atoms with E-state index in [4.69, 9.17) is 0 Å². The second-order valence-corrected chi connectivity index (χ2v) is 7.03. The standard InChI is InChI=1S/C19H30N2O/c1-14(2)18-10-5-15(3)11-12-21(18)13-16-6-8-17(9-7-16)19(22)20-4/h6-9,14-15,18H,5,10-13H2,1-4H3,(H,20,22). The molecule has 2 unspecified atom stereocenters. The fourth-order valence-electron chi connectivity index (χ4n) is 3.43. The number of benzene rings is 1. The quantitative estimate of drug-likeness (QED) is 0.920. The third-order valence-corrected chi connectivity index (χ3v) is 4.93. The van der Waals surface area contributed by atoms with Gasteiger partial charge in [0.2, 0.25) is 0 Å². The third kappa shape index (κ3) is 4.33. The fraction of sp³-hybridized carbons (Fsp3) is 0.632. The lowest BCUT2D eigenvalue weighted by Gasteiger charge is -2.33. The minimum atomic E-state index is -0.0183. The van der Waals surface area contributed by atoms with Crippen LogP contribution in [0.15, 0.2) is 24.3 Å². The van der Waals surface area contributed by atoms with E-state index in [1.165, 1.54) is 31.4 Å². The molecule has 0 spiro atoms. The van der Waals surface area contributed by atoms with Crippen molar-refractivity contribution in [1.82, 2.24) is 10.2 Å². The lowest BCUT2D eigenvalue weighted by atomic mass is 9.95. The highest BCUT2D eigenvalue weighted by molar-refractivity contribution is 5.93. The highest BCUT2D eigenvalue weighted by atomic mass is 16.1. The number of hydrogen-bond donors (Lipinski definition) is 1. The summed E-state index contributed by atoms with van der Waals surface area (Å²) in [6.45, 7) is 9.22. The first-order valence-corrected chi connectivity index (χ1v) is 8.56. The molecular weight excluding hydrogens is 272 g/mol. The van der Waals surface area contributed by atoms with Gasteiger partial charge in [0.15, 0.2) is 0 Å². The van der Waals surface area contributed by atoms with E-state index in [1.54, 1.807) is 7.05 Å². The SMILES string of the molecule is CNC(=O)c1ccc(CN2CCC(C)CCC2C(C)C)cc1. The Balaban J connectivity index is 2.07. The van der Waals surface area contributed by atoms with Gasteiger partial charge >= 0.3 is 0 Å². The number of likely N-dealkylation sites (tertiary alicyclic amines) is 1. The molecule has 1 aromatic rings. The second-order valence-electron chi connectivity index (χ2n) is 7.03. The van der Waals surface area contributed by atoms with E-state index >= 15 is 0 Å². The Labute approximate surface area is 135 Å². The van der Waals surface area contributed by atoms with E-state index in [0.717, 1.165) is 18.0 Å². The van der Waals surface area contributed by atoms with Gasteiger partial charge in [-0.3, -0.25) is 9.69 Å². The first kappa shape index (κ1) is 17.0. The van der Waals surface area contributed by atoms with Gasteiger partial charge in [0, 0.05) is 25.2 Å². The van der Waals surface area contributed by atoms with Crippen LogP contribution in [0, 0.1) is 11.8 Å². The van der Waals surface area contributed by atoms with Crippen molar-refractivity contribution in [3.05, 3.63) is 35.4 Å². The summed E-state index contributed by atoms with van der Waals surface area (Å²) in [6, 6.07) is 8.72. The minimum Gasteiger partial charge on any atom is -0.355 e. The monoisotopic (exact) mass is 302 g/mol. The fourth-order valence-corrected chi connectivity index (χ4v) is 3.43. The molecule has 0 saturated carbocycles. The molecule has 122 valence electrons. The van der Waals surface area contributed by atoms with Gasteiger partial charge in [-0.05, 0) is 55.3 Å². The molecule has 1 N–H and O–H groups in total. The van der Waals surface area contributed by atoms with Crippen LogP contribution in [0.25, 0.3) is 0 Å².